The van der Waals surface area contributed by atoms with E-state index in [1.807, 2.05) is 30.3 Å². The van der Waals surface area contributed by atoms with Crippen LogP contribution in [0.3, 0.4) is 0 Å². The van der Waals surface area contributed by atoms with Crippen LogP contribution in [0, 0.1) is 0 Å². The summed E-state index contributed by atoms with van der Waals surface area (Å²) in [5, 5.41) is 5.78. The normalized spacial score (nSPS) is 21.4. The highest BCUT2D eigenvalue weighted by molar-refractivity contribution is 5.90. The predicted octanol–water partition coefficient (Wildman–Crippen LogP) is 0.615. The van der Waals surface area contributed by atoms with Crippen molar-refractivity contribution in [1.29, 1.82) is 0 Å². The fraction of sp³-hybridized carbons (Fsp3) is 0.500. The number of hydrogen-bond acceptors (Lipinski definition) is 3. The van der Waals surface area contributed by atoms with E-state index in [9.17, 15) is 14.4 Å². The second-order valence-electron chi connectivity index (χ2n) is 6.49. The number of carbonyl (C=O) groups excluding carboxylic acids is 3. The van der Waals surface area contributed by atoms with Gasteiger partial charge in [-0.1, -0.05) is 30.3 Å². The molecule has 1 unspecified atom stereocenters. The van der Waals surface area contributed by atoms with Crippen LogP contribution < -0.4 is 10.6 Å². The van der Waals surface area contributed by atoms with Gasteiger partial charge in [0, 0.05) is 25.6 Å². The molecule has 0 saturated carbocycles. The number of rotatable bonds is 4. The van der Waals surface area contributed by atoms with E-state index in [-0.39, 0.29) is 29.8 Å². The van der Waals surface area contributed by atoms with E-state index in [0.29, 0.717) is 32.4 Å². The van der Waals surface area contributed by atoms with Gasteiger partial charge in [-0.05, 0) is 24.8 Å². The molecule has 1 aromatic carbocycles. The van der Waals surface area contributed by atoms with Crippen LogP contribution >= 0.6 is 0 Å². The summed E-state index contributed by atoms with van der Waals surface area (Å²) in [4.78, 5) is 37.5. The first kappa shape index (κ1) is 16.5. The van der Waals surface area contributed by atoms with Crippen LogP contribution in [0.25, 0.3) is 0 Å². The average Bonchev–Trinajstić information content (AvgIpc) is 3.02. The van der Waals surface area contributed by atoms with Crippen molar-refractivity contribution in [1.82, 2.24) is 15.5 Å². The number of piperidine rings is 1. The third kappa shape index (κ3) is 4.13. The molecule has 2 fully saturated rings. The van der Waals surface area contributed by atoms with Crippen molar-refractivity contribution in [3.05, 3.63) is 35.9 Å². The maximum atomic E-state index is 12.3. The summed E-state index contributed by atoms with van der Waals surface area (Å²) >= 11 is 0. The Balaban J connectivity index is 1.42. The molecule has 0 bridgehead atoms. The predicted molar refractivity (Wildman–Crippen MR) is 89.1 cm³/mol. The van der Waals surface area contributed by atoms with E-state index < -0.39 is 0 Å². The maximum absolute atomic E-state index is 12.3. The van der Waals surface area contributed by atoms with E-state index >= 15 is 0 Å². The Kier molecular flexibility index (Phi) is 5.13. The SMILES string of the molecule is O=C(Cc1ccccc1)NC1CCN(C(=O)C2CCC(=O)N2)CC1. The van der Waals surface area contributed by atoms with Gasteiger partial charge in [0.2, 0.25) is 17.7 Å². The first-order valence-electron chi connectivity index (χ1n) is 8.53. The lowest BCUT2D eigenvalue weighted by atomic mass is 10.0. The Morgan fingerprint density at radius 2 is 1.83 bits per heavy atom. The molecule has 3 amide bonds. The van der Waals surface area contributed by atoms with Gasteiger partial charge in [-0.25, -0.2) is 0 Å². The van der Waals surface area contributed by atoms with Crippen LogP contribution in [0.15, 0.2) is 30.3 Å². The van der Waals surface area contributed by atoms with Crippen molar-refractivity contribution < 1.29 is 14.4 Å². The smallest absolute Gasteiger partial charge is 0.245 e. The minimum atomic E-state index is -0.360. The van der Waals surface area contributed by atoms with E-state index in [0.717, 1.165) is 18.4 Å². The molecule has 2 aliphatic heterocycles. The largest absolute Gasteiger partial charge is 0.353 e. The van der Waals surface area contributed by atoms with Crippen molar-refractivity contribution in [3.63, 3.8) is 0 Å². The zero-order valence-corrected chi connectivity index (χ0v) is 13.7. The number of amides is 3. The molecule has 3 rings (SSSR count). The lowest BCUT2D eigenvalue weighted by molar-refractivity contribution is -0.135. The number of hydrogen-bond donors (Lipinski definition) is 2. The van der Waals surface area contributed by atoms with E-state index in [2.05, 4.69) is 10.6 Å². The maximum Gasteiger partial charge on any atom is 0.245 e. The number of benzene rings is 1. The standard InChI is InChI=1S/C18H23N3O3/c22-16-7-6-15(20-16)18(24)21-10-8-14(9-11-21)19-17(23)12-13-4-2-1-3-5-13/h1-5,14-15H,6-12H2,(H,19,23)(H,20,22). The first-order chi connectivity index (χ1) is 11.6. The minimum Gasteiger partial charge on any atom is -0.353 e. The molecule has 1 aromatic rings. The van der Waals surface area contributed by atoms with Gasteiger partial charge >= 0.3 is 0 Å². The average molecular weight is 329 g/mol. The highest BCUT2D eigenvalue weighted by atomic mass is 16.2. The topological polar surface area (TPSA) is 78.5 Å². The molecule has 2 heterocycles. The second-order valence-corrected chi connectivity index (χ2v) is 6.49. The molecule has 2 aliphatic rings. The molecule has 6 heteroatoms. The number of carbonyl (C=O) groups is 3. The lowest BCUT2D eigenvalue weighted by Crippen LogP contribution is -2.51. The van der Waals surface area contributed by atoms with Gasteiger partial charge in [0.25, 0.3) is 0 Å². The van der Waals surface area contributed by atoms with Crippen molar-refractivity contribution >= 4 is 17.7 Å². The summed E-state index contributed by atoms with van der Waals surface area (Å²) in [7, 11) is 0. The van der Waals surface area contributed by atoms with Gasteiger partial charge < -0.3 is 15.5 Å². The summed E-state index contributed by atoms with van der Waals surface area (Å²) in [6.07, 6.45) is 2.92. The number of nitrogens with zero attached hydrogens (tertiary/aromatic N) is 1. The highest BCUT2D eigenvalue weighted by Crippen LogP contribution is 2.15. The molecular weight excluding hydrogens is 306 g/mol. The quantitative estimate of drug-likeness (QED) is 0.850. The third-order valence-electron chi connectivity index (χ3n) is 4.67. The number of likely N-dealkylation sites (tertiary alicyclic amines) is 1. The van der Waals surface area contributed by atoms with E-state index in [1.54, 1.807) is 4.90 Å². The summed E-state index contributed by atoms with van der Waals surface area (Å²) in [6.45, 7) is 1.25. The van der Waals surface area contributed by atoms with Crippen LogP contribution in [-0.4, -0.2) is 47.8 Å². The van der Waals surface area contributed by atoms with Crippen LogP contribution in [0.1, 0.15) is 31.2 Å². The second kappa shape index (κ2) is 7.47. The van der Waals surface area contributed by atoms with Gasteiger partial charge in [0.1, 0.15) is 6.04 Å². The molecule has 0 radical (unpaired) electrons. The zero-order valence-electron chi connectivity index (χ0n) is 13.7. The molecule has 1 atom stereocenters. The first-order valence-corrected chi connectivity index (χ1v) is 8.53. The summed E-state index contributed by atoms with van der Waals surface area (Å²) in [5.41, 5.74) is 1.000. The van der Waals surface area contributed by atoms with Gasteiger partial charge in [-0.15, -0.1) is 0 Å². The van der Waals surface area contributed by atoms with E-state index in [1.165, 1.54) is 0 Å². The Morgan fingerprint density at radius 1 is 1.12 bits per heavy atom. The molecule has 2 saturated heterocycles. The van der Waals surface area contributed by atoms with Gasteiger partial charge in [-0.2, -0.15) is 0 Å². The minimum absolute atomic E-state index is 0.00918. The molecule has 2 N–H and O–H groups in total. The zero-order chi connectivity index (χ0) is 16.9. The Hall–Kier alpha value is -2.37. The van der Waals surface area contributed by atoms with Crippen molar-refractivity contribution in [2.45, 2.75) is 44.2 Å². The van der Waals surface area contributed by atoms with Crippen molar-refractivity contribution in [3.8, 4) is 0 Å². The molecule has 0 spiro atoms. The Bertz CT molecular complexity index is 609. The molecule has 0 aromatic heterocycles. The van der Waals surface area contributed by atoms with Crippen molar-refractivity contribution in [2.24, 2.45) is 0 Å². The summed E-state index contributed by atoms with van der Waals surface area (Å²) < 4.78 is 0. The highest BCUT2D eigenvalue weighted by Gasteiger charge is 2.32. The molecule has 24 heavy (non-hydrogen) atoms. The number of nitrogens with one attached hydrogen (secondary N) is 2. The van der Waals surface area contributed by atoms with Gasteiger partial charge in [0.05, 0.1) is 6.42 Å². The molecule has 128 valence electrons. The van der Waals surface area contributed by atoms with Crippen molar-refractivity contribution in [2.75, 3.05) is 13.1 Å². The monoisotopic (exact) mass is 329 g/mol. The molecular formula is C18H23N3O3. The summed E-state index contributed by atoms with van der Waals surface area (Å²) in [6, 6.07) is 9.42. The molecule has 6 nitrogen and oxygen atoms in total. The third-order valence-corrected chi connectivity index (χ3v) is 4.67. The Morgan fingerprint density at radius 3 is 2.46 bits per heavy atom. The fourth-order valence-corrected chi connectivity index (χ4v) is 3.32. The van der Waals surface area contributed by atoms with Crippen LogP contribution in [0.5, 0.6) is 0 Å². The fourth-order valence-electron chi connectivity index (χ4n) is 3.32. The van der Waals surface area contributed by atoms with Crippen LogP contribution in [-0.2, 0) is 20.8 Å². The van der Waals surface area contributed by atoms with Gasteiger partial charge in [-0.3, -0.25) is 14.4 Å². The van der Waals surface area contributed by atoms with Crippen LogP contribution in [0.4, 0.5) is 0 Å². The lowest BCUT2D eigenvalue weighted by Gasteiger charge is -2.33. The van der Waals surface area contributed by atoms with Gasteiger partial charge in [0.15, 0.2) is 0 Å². The van der Waals surface area contributed by atoms with Crippen LogP contribution in [0.2, 0.25) is 0 Å². The Labute approximate surface area is 141 Å². The molecule has 0 aliphatic carbocycles. The summed E-state index contributed by atoms with van der Waals surface area (Å²) in [5.74, 6) is -0.0136. The van der Waals surface area contributed by atoms with E-state index in [4.69, 9.17) is 0 Å².